The summed E-state index contributed by atoms with van der Waals surface area (Å²) in [7, 11) is 0. The monoisotopic (exact) mass is 387 g/mol. The van der Waals surface area contributed by atoms with Crippen molar-refractivity contribution < 1.29 is 13.9 Å². The smallest absolute Gasteiger partial charge is 0.254 e. The minimum absolute atomic E-state index is 0.0292. The first kappa shape index (κ1) is 17.7. The fourth-order valence-corrected chi connectivity index (χ4v) is 3.64. The van der Waals surface area contributed by atoms with Crippen LogP contribution in [0.25, 0.3) is 33.7 Å². The number of aryl methyl sites for hydroxylation is 1. The molecule has 1 aliphatic rings. The third-order valence-corrected chi connectivity index (χ3v) is 5.19. The molecule has 0 saturated carbocycles. The summed E-state index contributed by atoms with van der Waals surface area (Å²) in [6, 6.07) is 17.6. The van der Waals surface area contributed by atoms with Crippen LogP contribution in [0.15, 0.2) is 59.0 Å². The second-order valence-corrected chi connectivity index (χ2v) is 7.21. The molecule has 6 nitrogen and oxygen atoms in total. The molecule has 0 radical (unpaired) electrons. The minimum Gasteiger partial charge on any atom is -0.461 e. The van der Waals surface area contributed by atoms with Gasteiger partial charge in [-0.1, -0.05) is 18.2 Å². The average molecular weight is 387 g/mol. The second-order valence-electron chi connectivity index (χ2n) is 7.21. The van der Waals surface area contributed by atoms with Gasteiger partial charge in [-0.2, -0.15) is 0 Å². The molecule has 146 valence electrons. The van der Waals surface area contributed by atoms with Gasteiger partial charge >= 0.3 is 0 Å². The first-order valence-corrected chi connectivity index (χ1v) is 9.71. The quantitative estimate of drug-likeness (QED) is 0.570. The maximum absolute atomic E-state index is 12.7. The Morgan fingerprint density at radius 1 is 1.03 bits per heavy atom. The molecule has 0 atom stereocenters. The van der Waals surface area contributed by atoms with Crippen LogP contribution in [0.3, 0.4) is 0 Å². The van der Waals surface area contributed by atoms with Crippen molar-refractivity contribution in [1.29, 1.82) is 0 Å². The molecular formula is C23H21N3O3. The molecule has 2 aromatic carbocycles. The van der Waals surface area contributed by atoms with Crippen molar-refractivity contribution in [2.24, 2.45) is 0 Å². The highest BCUT2D eigenvalue weighted by atomic mass is 16.5. The van der Waals surface area contributed by atoms with Crippen molar-refractivity contribution in [3.63, 3.8) is 0 Å². The summed E-state index contributed by atoms with van der Waals surface area (Å²) in [5, 5.41) is 0. The number of ether oxygens (including phenoxy) is 1. The zero-order valence-corrected chi connectivity index (χ0v) is 16.1. The number of H-pyrrole nitrogens is 1. The molecule has 0 aliphatic carbocycles. The van der Waals surface area contributed by atoms with E-state index in [1.54, 1.807) is 0 Å². The van der Waals surface area contributed by atoms with E-state index < -0.39 is 0 Å². The lowest BCUT2D eigenvalue weighted by Gasteiger charge is -2.26. The molecule has 2 aromatic heterocycles. The van der Waals surface area contributed by atoms with Gasteiger partial charge in [-0.25, -0.2) is 4.98 Å². The van der Waals surface area contributed by atoms with E-state index in [0.29, 0.717) is 31.9 Å². The largest absolute Gasteiger partial charge is 0.461 e. The van der Waals surface area contributed by atoms with Crippen LogP contribution < -0.4 is 0 Å². The van der Waals surface area contributed by atoms with Crippen LogP contribution in [-0.2, 0) is 4.74 Å². The van der Waals surface area contributed by atoms with Crippen LogP contribution in [0.2, 0.25) is 0 Å². The van der Waals surface area contributed by atoms with E-state index in [0.717, 1.165) is 39.5 Å². The van der Waals surface area contributed by atoms with Crippen molar-refractivity contribution in [3.8, 4) is 22.7 Å². The van der Waals surface area contributed by atoms with Gasteiger partial charge in [-0.3, -0.25) is 4.79 Å². The Morgan fingerprint density at radius 3 is 2.66 bits per heavy atom. The van der Waals surface area contributed by atoms with Crippen molar-refractivity contribution in [2.45, 2.75) is 6.92 Å². The third-order valence-electron chi connectivity index (χ3n) is 5.19. The molecule has 0 spiro atoms. The Kier molecular flexibility index (Phi) is 4.41. The van der Waals surface area contributed by atoms with Crippen molar-refractivity contribution in [2.75, 3.05) is 26.3 Å². The number of rotatable bonds is 3. The van der Waals surface area contributed by atoms with Crippen molar-refractivity contribution in [3.05, 3.63) is 65.9 Å². The van der Waals surface area contributed by atoms with E-state index in [4.69, 9.17) is 14.1 Å². The number of morpholine rings is 1. The number of nitrogens with zero attached hydrogens (tertiary/aromatic N) is 2. The van der Waals surface area contributed by atoms with E-state index in [-0.39, 0.29) is 5.91 Å². The van der Waals surface area contributed by atoms with Gasteiger partial charge in [0.1, 0.15) is 17.3 Å². The number of furan rings is 1. The molecule has 1 N–H and O–H groups in total. The summed E-state index contributed by atoms with van der Waals surface area (Å²) in [4.78, 5) is 22.6. The van der Waals surface area contributed by atoms with Crippen LogP contribution in [0, 0.1) is 6.92 Å². The summed E-state index contributed by atoms with van der Waals surface area (Å²) in [6.07, 6.45) is 0. The highest BCUT2D eigenvalue weighted by Crippen LogP contribution is 2.28. The van der Waals surface area contributed by atoms with E-state index in [1.807, 2.05) is 60.4 Å². The number of carbonyl (C=O) groups is 1. The molecule has 0 unspecified atom stereocenters. The highest BCUT2D eigenvalue weighted by molar-refractivity contribution is 5.97. The summed E-state index contributed by atoms with van der Waals surface area (Å²) in [6.45, 7) is 4.37. The van der Waals surface area contributed by atoms with E-state index >= 15 is 0 Å². The lowest BCUT2D eigenvalue weighted by atomic mass is 10.1. The molecule has 1 saturated heterocycles. The SMILES string of the molecule is Cc1ccc(-c2cccc(-c3nc4ccc(C(=O)N5CCOCC5)cc4[nH]3)c2)o1. The number of aromatic amines is 1. The fraction of sp³-hybridized carbons (Fsp3) is 0.217. The van der Waals surface area contributed by atoms with Gasteiger partial charge in [0, 0.05) is 29.8 Å². The predicted molar refractivity (Wildman–Crippen MR) is 111 cm³/mol. The molecule has 3 heterocycles. The molecule has 1 amide bonds. The Morgan fingerprint density at radius 2 is 1.86 bits per heavy atom. The van der Waals surface area contributed by atoms with Gasteiger partial charge in [0.15, 0.2) is 0 Å². The standard InChI is InChI=1S/C23H21N3O3/c1-15-5-8-21(29-15)16-3-2-4-17(13-16)22-24-19-7-6-18(14-20(19)25-22)23(27)26-9-11-28-12-10-26/h2-8,13-14H,9-12H2,1H3,(H,24,25). The van der Waals surface area contributed by atoms with Gasteiger partial charge in [0.05, 0.1) is 24.2 Å². The average Bonchev–Trinajstić information content (AvgIpc) is 3.39. The van der Waals surface area contributed by atoms with Gasteiger partial charge in [-0.15, -0.1) is 0 Å². The molecule has 4 aromatic rings. The van der Waals surface area contributed by atoms with E-state index in [9.17, 15) is 4.79 Å². The number of aromatic nitrogens is 2. The van der Waals surface area contributed by atoms with E-state index in [2.05, 4.69) is 11.1 Å². The van der Waals surface area contributed by atoms with Gasteiger partial charge in [0.25, 0.3) is 5.91 Å². The lowest BCUT2D eigenvalue weighted by molar-refractivity contribution is 0.0303. The molecular weight excluding hydrogens is 366 g/mol. The molecule has 29 heavy (non-hydrogen) atoms. The van der Waals surface area contributed by atoms with E-state index in [1.165, 1.54) is 0 Å². The zero-order chi connectivity index (χ0) is 19.8. The summed E-state index contributed by atoms with van der Waals surface area (Å²) in [5.41, 5.74) is 4.30. The number of fused-ring (bicyclic) bond motifs is 1. The molecule has 6 heteroatoms. The summed E-state index contributed by atoms with van der Waals surface area (Å²) < 4.78 is 11.1. The number of hydrogen-bond acceptors (Lipinski definition) is 4. The number of nitrogens with one attached hydrogen (secondary N) is 1. The fourth-order valence-electron chi connectivity index (χ4n) is 3.64. The minimum atomic E-state index is 0.0292. The van der Waals surface area contributed by atoms with Crippen LogP contribution in [0.4, 0.5) is 0 Å². The van der Waals surface area contributed by atoms with Crippen molar-refractivity contribution >= 4 is 16.9 Å². The van der Waals surface area contributed by atoms with Crippen molar-refractivity contribution in [1.82, 2.24) is 14.9 Å². The summed E-state index contributed by atoms with van der Waals surface area (Å²) in [5.74, 6) is 2.51. The predicted octanol–water partition coefficient (Wildman–Crippen LogP) is 4.27. The second kappa shape index (κ2) is 7.22. The first-order chi connectivity index (χ1) is 14.2. The first-order valence-electron chi connectivity index (χ1n) is 9.71. The maximum atomic E-state index is 12.7. The Labute approximate surface area is 168 Å². The summed E-state index contributed by atoms with van der Waals surface area (Å²) >= 11 is 0. The molecule has 5 rings (SSSR count). The molecule has 1 aliphatic heterocycles. The number of carbonyl (C=O) groups excluding carboxylic acids is 1. The highest BCUT2D eigenvalue weighted by Gasteiger charge is 2.19. The maximum Gasteiger partial charge on any atom is 0.254 e. The van der Waals surface area contributed by atoms with Crippen LogP contribution in [0.1, 0.15) is 16.1 Å². The van der Waals surface area contributed by atoms with Crippen LogP contribution >= 0.6 is 0 Å². The molecule has 1 fully saturated rings. The number of benzene rings is 2. The molecule has 0 bridgehead atoms. The van der Waals surface area contributed by atoms with Gasteiger partial charge in [-0.05, 0) is 43.3 Å². The van der Waals surface area contributed by atoms with Gasteiger partial charge in [0.2, 0.25) is 0 Å². The van der Waals surface area contributed by atoms with Gasteiger partial charge < -0.3 is 19.0 Å². The van der Waals surface area contributed by atoms with Crippen LogP contribution in [0.5, 0.6) is 0 Å². The normalized spacial score (nSPS) is 14.4. The number of imidazole rings is 1. The number of amides is 1. The Hall–Kier alpha value is -3.38. The Bertz CT molecular complexity index is 1190. The Balaban J connectivity index is 1.46. The lowest BCUT2D eigenvalue weighted by Crippen LogP contribution is -2.40. The topological polar surface area (TPSA) is 71.4 Å². The van der Waals surface area contributed by atoms with Crippen LogP contribution in [-0.4, -0.2) is 47.1 Å². The third kappa shape index (κ3) is 3.43. The zero-order valence-electron chi connectivity index (χ0n) is 16.1. The number of hydrogen-bond donors (Lipinski definition) is 1.